The minimum absolute atomic E-state index is 0.0324. The molecule has 184 valence electrons. The molecule has 8 heteroatoms. The van der Waals surface area contributed by atoms with E-state index >= 15 is 0 Å². The molecule has 7 nitrogen and oxygen atoms in total. The Bertz CT molecular complexity index is 1420. The number of fused-ring (bicyclic) bond motifs is 1. The molecule has 0 radical (unpaired) electrons. The van der Waals surface area contributed by atoms with Gasteiger partial charge in [0.2, 0.25) is 5.91 Å². The molecule has 0 saturated heterocycles. The van der Waals surface area contributed by atoms with Crippen molar-refractivity contribution in [1.29, 1.82) is 0 Å². The first kappa shape index (κ1) is 24.5. The van der Waals surface area contributed by atoms with Crippen molar-refractivity contribution in [1.82, 2.24) is 5.32 Å². The molecule has 0 fully saturated rings. The first-order valence-electron chi connectivity index (χ1n) is 11.1. The van der Waals surface area contributed by atoms with E-state index in [2.05, 4.69) is 10.6 Å². The SMILES string of the molecule is COc1cc2cccc(Oc3ccc(NC(=O)NC(=O)Cc4ccc(C)cc4)c(F)c3)c2cc1OC. The number of rotatable bonds is 7. The van der Waals surface area contributed by atoms with Crippen molar-refractivity contribution < 1.29 is 28.2 Å². The van der Waals surface area contributed by atoms with Crippen molar-refractivity contribution in [2.24, 2.45) is 0 Å². The average Bonchev–Trinajstić information content (AvgIpc) is 2.86. The van der Waals surface area contributed by atoms with Crippen LogP contribution in [-0.4, -0.2) is 26.2 Å². The van der Waals surface area contributed by atoms with E-state index in [1.807, 2.05) is 49.4 Å². The lowest BCUT2D eigenvalue weighted by molar-refractivity contribution is -0.119. The van der Waals surface area contributed by atoms with Gasteiger partial charge in [-0.05, 0) is 48.2 Å². The summed E-state index contributed by atoms with van der Waals surface area (Å²) in [4.78, 5) is 24.3. The van der Waals surface area contributed by atoms with Gasteiger partial charge in [0.15, 0.2) is 11.5 Å². The van der Waals surface area contributed by atoms with Crippen molar-refractivity contribution >= 4 is 28.4 Å². The number of aryl methyl sites for hydroxylation is 1. The smallest absolute Gasteiger partial charge is 0.325 e. The van der Waals surface area contributed by atoms with Crippen LogP contribution >= 0.6 is 0 Å². The number of ether oxygens (including phenoxy) is 3. The monoisotopic (exact) mass is 488 g/mol. The summed E-state index contributed by atoms with van der Waals surface area (Å²) in [6, 6.07) is 19.7. The Morgan fingerprint density at radius 1 is 0.861 bits per heavy atom. The molecular weight excluding hydrogens is 463 g/mol. The standard InChI is InChI=1S/C28H25FN2O5/c1-17-7-9-18(10-8-17)13-27(32)31-28(33)30-23-12-11-20(15-22(23)29)36-24-6-4-5-19-14-25(34-2)26(35-3)16-21(19)24/h4-12,14-16H,13H2,1-3H3,(H2,30,31,32,33). The summed E-state index contributed by atoms with van der Waals surface area (Å²) in [6.45, 7) is 1.94. The Hall–Kier alpha value is -4.59. The van der Waals surface area contributed by atoms with Crippen LogP contribution in [0.3, 0.4) is 0 Å². The summed E-state index contributed by atoms with van der Waals surface area (Å²) in [5, 5.41) is 6.17. The lowest BCUT2D eigenvalue weighted by Crippen LogP contribution is -2.35. The Morgan fingerprint density at radius 2 is 1.58 bits per heavy atom. The molecule has 2 N–H and O–H groups in total. The second-order valence-electron chi connectivity index (χ2n) is 8.09. The maximum atomic E-state index is 14.7. The number of amides is 3. The molecular formula is C28H25FN2O5. The van der Waals surface area contributed by atoms with E-state index in [9.17, 15) is 14.0 Å². The number of anilines is 1. The molecule has 0 atom stereocenters. The number of imide groups is 1. The molecule has 4 aromatic carbocycles. The van der Waals surface area contributed by atoms with E-state index in [1.54, 1.807) is 26.4 Å². The summed E-state index contributed by atoms with van der Waals surface area (Å²) in [5.74, 6) is 0.631. The Morgan fingerprint density at radius 3 is 2.28 bits per heavy atom. The number of methoxy groups -OCH3 is 2. The van der Waals surface area contributed by atoms with Gasteiger partial charge in [-0.25, -0.2) is 9.18 Å². The zero-order valence-corrected chi connectivity index (χ0v) is 20.1. The minimum Gasteiger partial charge on any atom is -0.493 e. The van der Waals surface area contributed by atoms with Gasteiger partial charge in [-0.15, -0.1) is 0 Å². The van der Waals surface area contributed by atoms with Gasteiger partial charge in [-0.3, -0.25) is 10.1 Å². The molecule has 0 spiro atoms. The third kappa shape index (κ3) is 5.72. The number of nitrogens with one attached hydrogen (secondary N) is 2. The highest BCUT2D eigenvalue weighted by atomic mass is 19.1. The topological polar surface area (TPSA) is 85.9 Å². The Balaban J connectivity index is 1.44. The average molecular weight is 489 g/mol. The fourth-order valence-electron chi connectivity index (χ4n) is 3.67. The number of carbonyl (C=O) groups excluding carboxylic acids is 2. The Labute approximate surface area is 207 Å². The number of hydrogen-bond acceptors (Lipinski definition) is 5. The third-order valence-corrected chi connectivity index (χ3v) is 5.50. The van der Waals surface area contributed by atoms with Crippen molar-refractivity contribution in [3.8, 4) is 23.0 Å². The van der Waals surface area contributed by atoms with Gasteiger partial charge < -0.3 is 19.5 Å². The second-order valence-corrected chi connectivity index (χ2v) is 8.09. The van der Waals surface area contributed by atoms with Gasteiger partial charge in [0.25, 0.3) is 0 Å². The van der Waals surface area contributed by atoms with Gasteiger partial charge in [0, 0.05) is 11.5 Å². The molecule has 0 aliphatic rings. The maximum Gasteiger partial charge on any atom is 0.325 e. The second kappa shape index (κ2) is 10.8. The number of benzene rings is 4. The van der Waals surface area contributed by atoms with Crippen LogP contribution in [-0.2, 0) is 11.2 Å². The summed E-state index contributed by atoms with van der Waals surface area (Å²) >= 11 is 0. The lowest BCUT2D eigenvalue weighted by atomic mass is 10.1. The first-order chi connectivity index (χ1) is 17.4. The molecule has 36 heavy (non-hydrogen) atoms. The molecule has 0 unspecified atom stereocenters. The highest BCUT2D eigenvalue weighted by molar-refractivity contribution is 6.01. The van der Waals surface area contributed by atoms with Crippen molar-refractivity contribution in [3.05, 3.63) is 89.7 Å². The summed E-state index contributed by atoms with van der Waals surface area (Å²) in [6.07, 6.45) is 0.0324. The van der Waals surface area contributed by atoms with Crippen LogP contribution in [0.2, 0.25) is 0 Å². The molecule has 0 aliphatic heterocycles. The first-order valence-corrected chi connectivity index (χ1v) is 11.1. The van der Waals surface area contributed by atoms with E-state index < -0.39 is 17.8 Å². The van der Waals surface area contributed by atoms with E-state index in [0.29, 0.717) is 17.2 Å². The molecule has 0 aromatic heterocycles. The quantitative estimate of drug-likeness (QED) is 0.334. The van der Waals surface area contributed by atoms with Gasteiger partial charge in [-0.2, -0.15) is 0 Å². The fraction of sp³-hybridized carbons (Fsp3) is 0.143. The zero-order chi connectivity index (χ0) is 25.7. The van der Waals surface area contributed by atoms with E-state index in [-0.39, 0.29) is 17.9 Å². The number of carbonyl (C=O) groups is 2. The molecule has 0 saturated carbocycles. The molecule has 0 bridgehead atoms. The van der Waals surface area contributed by atoms with Gasteiger partial charge in [-0.1, -0.05) is 42.0 Å². The van der Waals surface area contributed by atoms with E-state index in [4.69, 9.17) is 14.2 Å². The van der Waals surface area contributed by atoms with Crippen LogP contribution in [0.1, 0.15) is 11.1 Å². The number of hydrogen-bond donors (Lipinski definition) is 2. The van der Waals surface area contributed by atoms with Gasteiger partial charge in [0.05, 0.1) is 26.3 Å². The van der Waals surface area contributed by atoms with Crippen LogP contribution in [0.15, 0.2) is 72.8 Å². The summed E-state index contributed by atoms with van der Waals surface area (Å²) < 4.78 is 31.4. The summed E-state index contributed by atoms with van der Waals surface area (Å²) in [5.41, 5.74) is 1.75. The Kier molecular flexibility index (Phi) is 7.34. The zero-order valence-electron chi connectivity index (χ0n) is 20.1. The normalized spacial score (nSPS) is 10.6. The molecule has 0 heterocycles. The predicted octanol–water partition coefficient (Wildman–Crippen LogP) is 5.99. The number of urea groups is 1. The van der Waals surface area contributed by atoms with Crippen molar-refractivity contribution in [2.75, 3.05) is 19.5 Å². The van der Waals surface area contributed by atoms with Crippen LogP contribution in [0.4, 0.5) is 14.9 Å². The fourth-order valence-corrected chi connectivity index (χ4v) is 3.67. The highest BCUT2D eigenvalue weighted by Crippen LogP contribution is 2.38. The van der Waals surface area contributed by atoms with Gasteiger partial charge >= 0.3 is 6.03 Å². The largest absolute Gasteiger partial charge is 0.493 e. The van der Waals surface area contributed by atoms with Crippen LogP contribution in [0.5, 0.6) is 23.0 Å². The summed E-state index contributed by atoms with van der Waals surface area (Å²) in [7, 11) is 3.10. The predicted molar refractivity (Wildman–Crippen MR) is 136 cm³/mol. The molecule has 4 rings (SSSR count). The van der Waals surface area contributed by atoms with Crippen LogP contribution in [0.25, 0.3) is 10.8 Å². The maximum absolute atomic E-state index is 14.7. The lowest BCUT2D eigenvalue weighted by Gasteiger charge is -2.13. The van der Waals surface area contributed by atoms with Crippen LogP contribution < -0.4 is 24.8 Å². The van der Waals surface area contributed by atoms with Crippen molar-refractivity contribution in [3.63, 3.8) is 0 Å². The van der Waals surface area contributed by atoms with Crippen LogP contribution in [0, 0.1) is 12.7 Å². The highest BCUT2D eigenvalue weighted by Gasteiger charge is 2.14. The van der Waals surface area contributed by atoms with Crippen molar-refractivity contribution in [2.45, 2.75) is 13.3 Å². The molecule has 3 amide bonds. The number of halogens is 1. The van der Waals surface area contributed by atoms with E-state index in [1.165, 1.54) is 12.1 Å². The minimum atomic E-state index is -0.824. The van der Waals surface area contributed by atoms with Gasteiger partial charge in [0.1, 0.15) is 17.3 Å². The van der Waals surface area contributed by atoms with E-state index in [0.717, 1.165) is 28.0 Å². The third-order valence-electron chi connectivity index (χ3n) is 5.50. The molecule has 4 aromatic rings. The molecule has 0 aliphatic carbocycles.